The third-order valence-corrected chi connectivity index (χ3v) is 3.28. The molecule has 1 atom stereocenters. The highest BCUT2D eigenvalue weighted by atomic mass is 79.9. The molecule has 2 aromatic rings. The van der Waals surface area contributed by atoms with Crippen molar-refractivity contribution in [2.24, 2.45) is 0 Å². The Bertz CT molecular complexity index is 572. The topological polar surface area (TPSA) is 38.3 Å². The summed E-state index contributed by atoms with van der Waals surface area (Å²) in [7, 11) is 0. The van der Waals surface area contributed by atoms with E-state index in [1.807, 2.05) is 54.6 Å². The summed E-state index contributed by atoms with van der Waals surface area (Å²) in [6, 6.07) is 17.2. The molecule has 1 N–H and O–H groups in total. The highest BCUT2D eigenvalue weighted by Gasteiger charge is 2.14. The molecule has 2 aromatic carbocycles. The number of nitrogens with one attached hydrogen (secondary N) is 1. The Morgan fingerprint density at radius 2 is 1.95 bits per heavy atom. The van der Waals surface area contributed by atoms with Gasteiger partial charge in [0.2, 0.25) is 0 Å². The molecule has 3 nitrogen and oxygen atoms in total. The Morgan fingerprint density at radius 3 is 2.65 bits per heavy atom. The second-order valence-electron chi connectivity index (χ2n) is 4.42. The van der Waals surface area contributed by atoms with Crippen molar-refractivity contribution in [2.45, 2.75) is 19.6 Å². The zero-order valence-electron chi connectivity index (χ0n) is 11.2. The highest BCUT2D eigenvalue weighted by Crippen LogP contribution is 2.18. The molecule has 0 aromatic heterocycles. The van der Waals surface area contributed by atoms with E-state index in [4.69, 9.17) is 4.74 Å². The Morgan fingerprint density at radius 1 is 1.20 bits per heavy atom. The summed E-state index contributed by atoms with van der Waals surface area (Å²) in [4.78, 5) is 12.0. The van der Waals surface area contributed by atoms with Gasteiger partial charge in [-0.3, -0.25) is 4.79 Å². The van der Waals surface area contributed by atoms with Crippen molar-refractivity contribution in [1.29, 1.82) is 0 Å². The van der Waals surface area contributed by atoms with Gasteiger partial charge in [-0.05, 0) is 30.7 Å². The van der Waals surface area contributed by atoms with E-state index in [-0.39, 0.29) is 5.91 Å². The lowest BCUT2D eigenvalue weighted by atomic mass is 10.2. The van der Waals surface area contributed by atoms with Gasteiger partial charge in [-0.15, -0.1) is 0 Å². The molecule has 0 radical (unpaired) electrons. The van der Waals surface area contributed by atoms with Gasteiger partial charge in [0, 0.05) is 11.0 Å². The molecule has 0 saturated heterocycles. The van der Waals surface area contributed by atoms with Crippen LogP contribution in [0.1, 0.15) is 12.5 Å². The van der Waals surface area contributed by atoms with Crippen LogP contribution in [0.2, 0.25) is 0 Å². The van der Waals surface area contributed by atoms with E-state index >= 15 is 0 Å². The van der Waals surface area contributed by atoms with Crippen LogP contribution in [-0.2, 0) is 11.3 Å². The minimum absolute atomic E-state index is 0.131. The van der Waals surface area contributed by atoms with Gasteiger partial charge in [-0.25, -0.2) is 0 Å². The normalized spacial score (nSPS) is 11.7. The average molecular weight is 334 g/mol. The standard InChI is InChI=1S/C16H16BrNO2/c1-12(20-15-9-5-8-14(17)10-15)16(19)18-11-13-6-3-2-4-7-13/h2-10,12H,11H2,1H3,(H,18,19)/t12-/m1/s1. The quantitative estimate of drug-likeness (QED) is 0.908. The summed E-state index contributed by atoms with van der Waals surface area (Å²) < 4.78 is 6.53. The largest absolute Gasteiger partial charge is 0.481 e. The first kappa shape index (κ1) is 14.6. The van der Waals surface area contributed by atoms with E-state index in [1.165, 1.54) is 0 Å². The predicted molar refractivity (Wildman–Crippen MR) is 82.5 cm³/mol. The van der Waals surface area contributed by atoms with Crippen molar-refractivity contribution in [1.82, 2.24) is 5.32 Å². The van der Waals surface area contributed by atoms with Crippen LogP contribution in [0.3, 0.4) is 0 Å². The van der Waals surface area contributed by atoms with Crippen molar-refractivity contribution < 1.29 is 9.53 Å². The number of benzene rings is 2. The number of rotatable bonds is 5. The van der Waals surface area contributed by atoms with Crippen LogP contribution in [0.15, 0.2) is 59.1 Å². The van der Waals surface area contributed by atoms with Crippen LogP contribution in [0.25, 0.3) is 0 Å². The third-order valence-electron chi connectivity index (χ3n) is 2.79. The van der Waals surface area contributed by atoms with Crippen LogP contribution >= 0.6 is 15.9 Å². The molecule has 0 unspecified atom stereocenters. The summed E-state index contributed by atoms with van der Waals surface area (Å²) in [5.74, 6) is 0.538. The van der Waals surface area contributed by atoms with Crippen molar-refractivity contribution in [3.8, 4) is 5.75 Å². The maximum Gasteiger partial charge on any atom is 0.261 e. The average Bonchev–Trinajstić information content (AvgIpc) is 2.46. The predicted octanol–water partition coefficient (Wildman–Crippen LogP) is 3.53. The summed E-state index contributed by atoms with van der Waals surface area (Å²) in [5, 5.41) is 2.86. The van der Waals surface area contributed by atoms with Gasteiger partial charge in [0.25, 0.3) is 5.91 Å². The van der Waals surface area contributed by atoms with Crippen LogP contribution in [0, 0.1) is 0 Å². The lowest BCUT2D eigenvalue weighted by Crippen LogP contribution is -2.35. The third kappa shape index (κ3) is 4.38. The van der Waals surface area contributed by atoms with Crippen molar-refractivity contribution in [3.05, 3.63) is 64.6 Å². The fourth-order valence-corrected chi connectivity index (χ4v) is 2.10. The minimum Gasteiger partial charge on any atom is -0.481 e. The summed E-state index contributed by atoms with van der Waals surface area (Å²) in [6.07, 6.45) is -0.534. The second kappa shape index (κ2) is 7.10. The molecule has 1 amide bonds. The Hall–Kier alpha value is -1.81. The summed E-state index contributed by atoms with van der Waals surface area (Å²) in [6.45, 7) is 2.24. The number of ether oxygens (including phenoxy) is 1. The lowest BCUT2D eigenvalue weighted by Gasteiger charge is -2.15. The van der Waals surface area contributed by atoms with E-state index in [0.29, 0.717) is 12.3 Å². The smallest absolute Gasteiger partial charge is 0.261 e. The molecular weight excluding hydrogens is 318 g/mol. The van der Waals surface area contributed by atoms with Crippen molar-refractivity contribution >= 4 is 21.8 Å². The summed E-state index contributed by atoms with van der Waals surface area (Å²) >= 11 is 3.37. The number of halogens is 1. The maximum atomic E-state index is 12.0. The Balaban J connectivity index is 1.86. The molecule has 0 saturated carbocycles. The Kier molecular flexibility index (Phi) is 5.18. The van der Waals surface area contributed by atoms with E-state index in [1.54, 1.807) is 6.92 Å². The molecule has 20 heavy (non-hydrogen) atoms. The number of amides is 1. The van der Waals surface area contributed by atoms with Crippen LogP contribution in [0.4, 0.5) is 0 Å². The molecule has 0 fully saturated rings. The molecule has 0 bridgehead atoms. The van der Waals surface area contributed by atoms with Gasteiger partial charge in [-0.1, -0.05) is 52.3 Å². The number of carbonyl (C=O) groups is 1. The van der Waals surface area contributed by atoms with E-state index in [9.17, 15) is 4.79 Å². The SMILES string of the molecule is C[C@@H](Oc1cccc(Br)c1)C(=O)NCc1ccccc1. The molecular formula is C16H16BrNO2. The zero-order valence-corrected chi connectivity index (χ0v) is 12.8. The van der Waals surface area contributed by atoms with Gasteiger partial charge < -0.3 is 10.1 Å². The molecule has 0 spiro atoms. The molecule has 104 valence electrons. The first-order chi connectivity index (χ1) is 9.65. The van der Waals surface area contributed by atoms with E-state index in [2.05, 4.69) is 21.2 Å². The first-order valence-corrected chi connectivity index (χ1v) is 7.18. The zero-order chi connectivity index (χ0) is 14.4. The molecule has 0 aliphatic rings. The first-order valence-electron chi connectivity index (χ1n) is 6.39. The van der Waals surface area contributed by atoms with Gasteiger partial charge in [0.1, 0.15) is 5.75 Å². The molecule has 0 aliphatic heterocycles. The minimum atomic E-state index is -0.534. The van der Waals surface area contributed by atoms with Crippen LogP contribution in [-0.4, -0.2) is 12.0 Å². The van der Waals surface area contributed by atoms with Gasteiger partial charge >= 0.3 is 0 Å². The van der Waals surface area contributed by atoms with Crippen LogP contribution < -0.4 is 10.1 Å². The fourth-order valence-electron chi connectivity index (χ4n) is 1.73. The van der Waals surface area contributed by atoms with E-state index < -0.39 is 6.10 Å². The number of carbonyl (C=O) groups excluding carboxylic acids is 1. The van der Waals surface area contributed by atoms with Crippen LogP contribution in [0.5, 0.6) is 5.75 Å². The second-order valence-corrected chi connectivity index (χ2v) is 5.34. The molecule has 0 heterocycles. The van der Waals surface area contributed by atoms with Gasteiger partial charge in [0.15, 0.2) is 6.10 Å². The summed E-state index contributed by atoms with van der Waals surface area (Å²) in [5.41, 5.74) is 1.07. The van der Waals surface area contributed by atoms with Gasteiger partial charge in [0.05, 0.1) is 0 Å². The Labute approximate surface area is 127 Å². The van der Waals surface area contributed by atoms with Gasteiger partial charge in [-0.2, -0.15) is 0 Å². The monoisotopic (exact) mass is 333 g/mol. The lowest BCUT2D eigenvalue weighted by molar-refractivity contribution is -0.127. The molecule has 4 heteroatoms. The van der Waals surface area contributed by atoms with Crippen molar-refractivity contribution in [3.63, 3.8) is 0 Å². The highest BCUT2D eigenvalue weighted by molar-refractivity contribution is 9.10. The van der Waals surface area contributed by atoms with Crippen molar-refractivity contribution in [2.75, 3.05) is 0 Å². The van der Waals surface area contributed by atoms with E-state index in [0.717, 1.165) is 10.0 Å². The fraction of sp³-hybridized carbons (Fsp3) is 0.188. The number of hydrogen-bond donors (Lipinski definition) is 1. The number of hydrogen-bond acceptors (Lipinski definition) is 2. The molecule has 2 rings (SSSR count). The maximum absolute atomic E-state index is 12.0. The molecule has 0 aliphatic carbocycles.